The highest BCUT2D eigenvalue weighted by atomic mass is 19.1. The Labute approximate surface area is 145 Å². The molecule has 2 aliphatic rings. The Morgan fingerprint density at radius 2 is 2.00 bits per heavy atom. The van der Waals surface area contributed by atoms with Gasteiger partial charge in [-0.3, -0.25) is 19.4 Å². The largest absolute Gasteiger partial charge is 0.367 e. The molecule has 1 aromatic rings. The normalized spacial score (nSPS) is 23.8. The first kappa shape index (κ1) is 17.3. The zero-order valence-electron chi connectivity index (χ0n) is 14.1. The van der Waals surface area contributed by atoms with Gasteiger partial charge in [0.25, 0.3) is 0 Å². The molecule has 0 aromatic carbocycles. The van der Waals surface area contributed by atoms with E-state index in [2.05, 4.69) is 10.3 Å². The van der Waals surface area contributed by atoms with Crippen LogP contribution in [0.1, 0.15) is 26.2 Å². The van der Waals surface area contributed by atoms with E-state index in [1.807, 2.05) is 4.90 Å². The third kappa shape index (κ3) is 3.78. The predicted molar refractivity (Wildman–Crippen MR) is 88.4 cm³/mol. The minimum absolute atomic E-state index is 0.0350. The smallest absolute Gasteiger partial charge is 0.228 e. The van der Waals surface area contributed by atoms with Crippen LogP contribution in [0, 0.1) is 5.82 Å². The molecule has 8 heteroatoms. The van der Waals surface area contributed by atoms with E-state index in [4.69, 9.17) is 0 Å². The van der Waals surface area contributed by atoms with Crippen molar-refractivity contribution < 1.29 is 18.8 Å². The average Bonchev–Trinajstić information content (AvgIpc) is 2.85. The summed E-state index contributed by atoms with van der Waals surface area (Å²) >= 11 is 0. The Balaban J connectivity index is 1.50. The number of aromatic nitrogens is 1. The van der Waals surface area contributed by atoms with Crippen LogP contribution in [0.3, 0.4) is 0 Å². The molecule has 0 radical (unpaired) electrons. The third-order valence-electron chi connectivity index (χ3n) is 4.88. The Morgan fingerprint density at radius 3 is 2.60 bits per heavy atom. The van der Waals surface area contributed by atoms with Gasteiger partial charge in [0.05, 0.1) is 30.0 Å². The van der Waals surface area contributed by atoms with Crippen LogP contribution in [0.4, 0.5) is 10.1 Å². The van der Waals surface area contributed by atoms with E-state index < -0.39 is 5.54 Å². The van der Waals surface area contributed by atoms with E-state index in [0.717, 1.165) is 6.20 Å². The summed E-state index contributed by atoms with van der Waals surface area (Å²) in [6.07, 6.45) is 3.18. The molecule has 1 aromatic heterocycles. The molecule has 134 valence electrons. The highest BCUT2D eigenvalue weighted by Gasteiger charge is 2.41. The van der Waals surface area contributed by atoms with Crippen LogP contribution in [-0.2, 0) is 14.4 Å². The second-order valence-electron chi connectivity index (χ2n) is 6.71. The van der Waals surface area contributed by atoms with Crippen LogP contribution in [0.2, 0.25) is 0 Å². The topological polar surface area (TPSA) is 82.6 Å². The summed E-state index contributed by atoms with van der Waals surface area (Å²) in [5.74, 6) is -0.856. The summed E-state index contributed by atoms with van der Waals surface area (Å²) in [6, 6.07) is 1.43. The van der Waals surface area contributed by atoms with Gasteiger partial charge in [-0.2, -0.15) is 0 Å². The number of halogens is 1. The van der Waals surface area contributed by atoms with E-state index >= 15 is 0 Å². The number of nitrogens with one attached hydrogen (secondary N) is 1. The van der Waals surface area contributed by atoms with E-state index in [1.54, 1.807) is 18.0 Å². The van der Waals surface area contributed by atoms with Gasteiger partial charge in [0.2, 0.25) is 11.8 Å². The number of carbonyl (C=O) groups excluding carboxylic acids is 3. The number of nitrogens with zero attached hydrogens (tertiary/aromatic N) is 3. The summed E-state index contributed by atoms with van der Waals surface area (Å²) in [4.78, 5) is 43.2. The standard InChI is InChI=1S/C17H21FN4O3/c1-17(14(23)9-15(24)20-17)3-2-16(25)22-6-4-21(5-7-22)13-8-12(18)10-19-11-13/h8,10-11H,2-7,9H2,1H3,(H,20,24). The number of carbonyl (C=O) groups is 3. The highest BCUT2D eigenvalue weighted by molar-refractivity contribution is 6.10. The molecule has 3 rings (SSSR count). The van der Waals surface area contributed by atoms with Crippen molar-refractivity contribution in [1.29, 1.82) is 0 Å². The lowest BCUT2D eigenvalue weighted by Gasteiger charge is -2.36. The molecule has 25 heavy (non-hydrogen) atoms. The molecule has 7 nitrogen and oxygen atoms in total. The molecule has 0 bridgehead atoms. The quantitative estimate of drug-likeness (QED) is 0.801. The van der Waals surface area contributed by atoms with Gasteiger partial charge in [-0.05, 0) is 13.3 Å². The van der Waals surface area contributed by atoms with Crippen molar-refractivity contribution in [2.45, 2.75) is 31.7 Å². The second kappa shape index (κ2) is 6.78. The van der Waals surface area contributed by atoms with Crippen molar-refractivity contribution in [1.82, 2.24) is 15.2 Å². The van der Waals surface area contributed by atoms with Gasteiger partial charge in [0.1, 0.15) is 5.82 Å². The summed E-state index contributed by atoms with van der Waals surface area (Å²) in [5.41, 5.74) is -0.221. The summed E-state index contributed by atoms with van der Waals surface area (Å²) < 4.78 is 13.3. The number of anilines is 1. The monoisotopic (exact) mass is 348 g/mol. The maximum Gasteiger partial charge on any atom is 0.228 e. The summed E-state index contributed by atoms with van der Waals surface area (Å²) in [5, 5.41) is 2.66. The number of piperazine rings is 1. The molecule has 2 fully saturated rings. The molecule has 0 aliphatic carbocycles. The zero-order valence-corrected chi connectivity index (χ0v) is 14.1. The number of ketones is 1. The fourth-order valence-electron chi connectivity index (χ4n) is 3.27. The Hall–Kier alpha value is -2.51. The molecule has 1 N–H and O–H groups in total. The molecule has 2 saturated heterocycles. The van der Waals surface area contributed by atoms with Crippen LogP contribution >= 0.6 is 0 Å². The molecule has 3 heterocycles. The van der Waals surface area contributed by atoms with Gasteiger partial charge in [-0.1, -0.05) is 0 Å². The molecule has 0 saturated carbocycles. The number of pyridine rings is 1. The minimum atomic E-state index is -0.929. The first-order chi connectivity index (χ1) is 11.9. The van der Waals surface area contributed by atoms with Crippen molar-refractivity contribution in [3.8, 4) is 0 Å². The van der Waals surface area contributed by atoms with Gasteiger partial charge in [-0.15, -0.1) is 0 Å². The van der Waals surface area contributed by atoms with Crippen LogP contribution < -0.4 is 10.2 Å². The highest BCUT2D eigenvalue weighted by Crippen LogP contribution is 2.22. The zero-order chi connectivity index (χ0) is 18.0. The summed E-state index contributed by atoms with van der Waals surface area (Å²) in [6.45, 7) is 3.94. The maximum absolute atomic E-state index is 13.3. The van der Waals surface area contributed by atoms with Crippen LogP contribution in [0.15, 0.2) is 18.5 Å². The van der Waals surface area contributed by atoms with Gasteiger partial charge in [0, 0.05) is 38.7 Å². The van der Waals surface area contributed by atoms with E-state index in [0.29, 0.717) is 38.3 Å². The van der Waals surface area contributed by atoms with Crippen LogP contribution in [0.25, 0.3) is 0 Å². The number of Topliss-reactive ketones (excluding diaryl/α,β-unsaturated/α-hetero) is 1. The fraction of sp³-hybridized carbons (Fsp3) is 0.529. The Kier molecular flexibility index (Phi) is 4.69. The molecule has 2 amide bonds. The van der Waals surface area contributed by atoms with E-state index in [-0.39, 0.29) is 36.3 Å². The minimum Gasteiger partial charge on any atom is -0.367 e. The molecule has 0 spiro atoms. The van der Waals surface area contributed by atoms with Crippen LogP contribution in [-0.4, -0.2) is 59.2 Å². The van der Waals surface area contributed by atoms with Crippen molar-refractivity contribution in [3.63, 3.8) is 0 Å². The number of hydrogen-bond donors (Lipinski definition) is 1. The molecule has 1 atom stereocenters. The van der Waals surface area contributed by atoms with Gasteiger partial charge < -0.3 is 15.1 Å². The Morgan fingerprint density at radius 1 is 1.28 bits per heavy atom. The van der Waals surface area contributed by atoms with E-state index in [9.17, 15) is 18.8 Å². The molecular formula is C17H21FN4O3. The van der Waals surface area contributed by atoms with Gasteiger partial charge >= 0.3 is 0 Å². The maximum atomic E-state index is 13.3. The van der Waals surface area contributed by atoms with Crippen LogP contribution in [0.5, 0.6) is 0 Å². The predicted octanol–water partition coefficient (Wildman–Crippen LogP) is 0.497. The molecular weight excluding hydrogens is 327 g/mol. The lowest BCUT2D eigenvalue weighted by atomic mass is 9.92. The number of amides is 2. The average molecular weight is 348 g/mol. The third-order valence-corrected chi connectivity index (χ3v) is 4.88. The molecule has 2 aliphatic heterocycles. The first-order valence-corrected chi connectivity index (χ1v) is 8.35. The summed E-state index contributed by atoms with van der Waals surface area (Å²) in [7, 11) is 0. The van der Waals surface area contributed by atoms with Crippen molar-refractivity contribution in [2.24, 2.45) is 0 Å². The van der Waals surface area contributed by atoms with Crippen molar-refractivity contribution >= 4 is 23.3 Å². The number of rotatable bonds is 4. The van der Waals surface area contributed by atoms with Gasteiger partial charge in [0.15, 0.2) is 5.78 Å². The SMILES string of the molecule is CC1(CCC(=O)N2CCN(c3cncc(F)c3)CC2)NC(=O)CC1=O. The molecule has 1 unspecified atom stereocenters. The Bertz CT molecular complexity index is 703. The van der Waals surface area contributed by atoms with Gasteiger partial charge in [-0.25, -0.2) is 4.39 Å². The lowest BCUT2D eigenvalue weighted by molar-refractivity contribution is -0.132. The van der Waals surface area contributed by atoms with E-state index in [1.165, 1.54) is 6.07 Å². The fourth-order valence-corrected chi connectivity index (χ4v) is 3.27. The number of hydrogen-bond acceptors (Lipinski definition) is 5. The second-order valence-corrected chi connectivity index (χ2v) is 6.71. The first-order valence-electron chi connectivity index (χ1n) is 8.35. The van der Waals surface area contributed by atoms with Crippen molar-refractivity contribution in [2.75, 3.05) is 31.1 Å². The lowest BCUT2D eigenvalue weighted by Crippen LogP contribution is -2.50. The van der Waals surface area contributed by atoms with Crippen molar-refractivity contribution in [3.05, 3.63) is 24.3 Å².